The molecule has 0 aliphatic heterocycles. The summed E-state index contributed by atoms with van der Waals surface area (Å²) in [4.78, 5) is 17.4. The zero-order chi connectivity index (χ0) is 19.1. The van der Waals surface area contributed by atoms with E-state index in [1.165, 1.54) is 7.11 Å². The third-order valence-electron chi connectivity index (χ3n) is 5.10. The first-order valence-electron chi connectivity index (χ1n) is 8.95. The summed E-state index contributed by atoms with van der Waals surface area (Å²) in [6.45, 7) is 4.06. The molecule has 0 atom stereocenters. The summed E-state index contributed by atoms with van der Waals surface area (Å²) in [6, 6.07) is 8.31. The third-order valence-corrected chi connectivity index (χ3v) is 5.97. The number of hydrogen-bond donors (Lipinski definition) is 0. The molecule has 1 aliphatic carbocycles. The van der Waals surface area contributed by atoms with E-state index in [9.17, 15) is 4.79 Å². The lowest BCUT2D eigenvalue weighted by Gasteiger charge is -2.07. The lowest BCUT2D eigenvalue weighted by atomic mass is 10.1. The molecule has 140 valence electrons. The SMILES string of the molecule is COC(=O)c1c(-c2csc(-c3ccccc3OC)n2)c(C)n(C2CC2)c1C. The van der Waals surface area contributed by atoms with Gasteiger partial charge < -0.3 is 14.0 Å². The molecule has 0 N–H and O–H groups in total. The van der Waals surface area contributed by atoms with E-state index in [0.29, 0.717) is 11.6 Å². The first kappa shape index (κ1) is 17.8. The van der Waals surface area contributed by atoms with E-state index < -0.39 is 0 Å². The summed E-state index contributed by atoms with van der Waals surface area (Å²) >= 11 is 1.55. The number of carbonyl (C=O) groups is 1. The van der Waals surface area contributed by atoms with Gasteiger partial charge in [0.2, 0.25) is 0 Å². The van der Waals surface area contributed by atoms with Gasteiger partial charge in [-0.2, -0.15) is 0 Å². The number of para-hydroxylation sites is 1. The molecule has 2 aromatic heterocycles. The number of aromatic nitrogens is 2. The average Bonchev–Trinajstić information content (AvgIpc) is 3.33. The largest absolute Gasteiger partial charge is 0.496 e. The zero-order valence-corrected chi connectivity index (χ0v) is 16.7. The molecule has 1 aromatic carbocycles. The maximum atomic E-state index is 12.5. The van der Waals surface area contributed by atoms with Crippen LogP contribution in [0.4, 0.5) is 0 Å². The summed E-state index contributed by atoms with van der Waals surface area (Å²) < 4.78 is 12.8. The smallest absolute Gasteiger partial charge is 0.340 e. The summed E-state index contributed by atoms with van der Waals surface area (Å²) in [5, 5.41) is 2.88. The van der Waals surface area contributed by atoms with E-state index in [2.05, 4.69) is 11.5 Å². The molecular formula is C21H22N2O3S. The Balaban J connectivity index is 1.86. The molecule has 27 heavy (non-hydrogen) atoms. The van der Waals surface area contributed by atoms with Crippen molar-refractivity contribution in [3.63, 3.8) is 0 Å². The fraction of sp³-hybridized carbons (Fsp3) is 0.333. The molecule has 3 aromatic rings. The Labute approximate surface area is 162 Å². The van der Waals surface area contributed by atoms with Gasteiger partial charge in [0.25, 0.3) is 0 Å². The number of hydrogen-bond acceptors (Lipinski definition) is 5. The topological polar surface area (TPSA) is 53.4 Å². The minimum absolute atomic E-state index is 0.308. The number of benzene rings is 1. The Bertz CT molecular complexity index is 1010. The van der Waals surface area contributed by atoms with Gasteiger partial charge >= 0.3 is 5.97 Å². The van der Waals surface area contributed by atoms with Crippen LogP contribution in [0.3, 0.4) is 0 Å². The number of ether oxygens (including phenoxy) is 2. The van der Waals surface area contributed by atoms with Crippen molar-refractivity contribution in [2.75, 3.05) is 14.2 Å². The molecule has 1 aliphatic rings. The van der Waals surface area contributed by atoms with Crippen LogP contribution < -0.4 is 4.74 Å². The summed E-state index contributed by atoms with van der Waals surface area (Å²) in [7, 11) is 3.09. The van der Waals surface area contributed by atoms with Crippen molar-refractivity contribution in [2.24, 2.45) is 0 Å². The molecule has 0 bridgehead atoms. The summed E-state index contributed by atoms with van der Waals surface area (Å²) in [5.41, 5.74) is 5.30. The normalized spacial score (nSPS) is 13.6. The van der Waals surface area contributed by atoms with Gasteiger partial charge in [-0.3, -0.25) is 0 Å². The number of nitrogens with zero attached hydrogens (tertiary/aromatic N) is 2. The van der Waals surface area contributed by atoms with Crippen molar-refractivity contribution in [1.29, 1.82) is 0 Å². The second-order valence-corrected chi connectivity index (χ2v) is 7.61. The van der Waals surface area contributed by atoms with Crippen molar-refractivity contribution in [3.8, 4) is 27.6 Å². The van der Waals surface area contributed by atoms with Crippen molar-refractivity contribution in [3.05, 3.63) is 46.6 Å². The predicted molar refractivity (Wildman–Crippen MR) is 107 cm³/mol. The molecule has 4 rings (SSSR count). The first-order chi connectivity index (χ1) is 13.1. The van der Waals surface area contributed by atoms with Crippen LogP contribution >= 0.6 is 11.3 Å². The van der Waals surface area contributed by atoms with E-state index in [0.717, 1.165) is 51.8 Å². The second kappa shape index (κ2) is 6.85. The van der Waals surface area contributed by atoms with Gasteiger partial charge in [0.05, 0.1) is 31.0 Å². The van der Waals surface area contributed by atoms with Crippen molar-refractivity contribution >= 4 is 17.3 Å². The fourth-order valence-corrected chi connectivity index (χ4v) is 4.57. The molecule has 0 radical (unpaired) electrons. The molecule has 1 fully saturated rings. The van der Waals surface area contributed by atoms with Crippen molar-refractivity contribution in [1.82, 2.24) is 9.55 Å². The third kappa shape index (κ3) is 2.94. The molecular weight excluding hydrogens is 360 g/mol. The van der Waals surface area contributed by atoms with Crippen molar-refractivity contribution in [2.45, 2.75) is 32.7 Å². The molecule has 1 saturated carbocycles. The Morgan fingerprint density at radius 2 is 1.93 bits per heavy atom. The van der Waals surface area contributed by atoms with Gasteiger partial charge in [-0.25, -0.2) is 9.78 Å². The molecule has 6 heteroatoms. The van der Waals surface area contributed by atoms with Gasteiger partial charge in [0.1, 0.15) is 10.8 Å². The first-order valence-corrected chi connectivity index (χ1v) is 9.83. The van der Waals surface area contributed by atoms with Gasteiger partial charge in [-0.05, 0) is 38.8 Å². The van der Waals surface area contributed by atoms with E-state index in [-0.39, 0.29) is 5.97 Å². The quantitative estimate of drug-likeness (QED) is 0.581. The van der Waals surface area contributed by atoms with Crippen LogP contribution in [-0.4, -0.2) is 29.7 Å². The van der Waals surface area contributed by atoms with Crippen LogP contribution in [0.5, 0.6) is 5.75 Å². The highest BCUT2D eigenvalue weighted by Gasteiger charge is 2.33. The predicted octanol–water partition coefficient (Wildman–Crippen LogP) is 5.03. The highest BCUT2D eigenvalue weighted by atomic mass is 32.1. The van der Waals surface area contributed by atoms with Crippen LogP contribution in [0.15, 0.2) is 29.6 Å². The number of esters is 1. The molecule has 0 saturated heterocycles. The number of thiazole rings is 1. The molecule has 2 heterocycles. The number of rotatable bonds is 5. The second-order valence-electron chi connectivity index (χ2n) is 6.75. The van der Waals surface area contributed by atoms with Crippen LogP contribution in [0.1, 0.15) is 40.6 Å². The maximum Gasteiger partial charge on any atom is 0.340 e. The van der Waals surface area contributed by atoms with Crippen LogP contribution in [0.2, 0.25) is 0 Å². The van der Waals surface area contributed by atoms with Crippen molar-refractivity contribution < 1.29 is 14.3 Å². The molecule has 0 spiro atoms. The summed E-state index contributed by atoms with van der Waals surface area (Å²) in [6.07, 6.45) is 2.31. The van der Waals surface area contributed by atoms with Gasteiger partial charge in [0, 0.05) is 28.4 Å². The van der Waals surface area contributed by atoms with E-state index >= 15 is 0 Å². The lowest BCUT2D eigenvalue weighted by Crippen LogP contribution is -2.05. The minimum Gasteiger partial charge on any atom is -0.496 e. The van der Waals surface area contributed by atoms with E-state index in [1.54, 1.807) is 18.4 Å². The highest BCUT2D eigenvalue weighted by Crippen LogP contribution is 2.44. The van der Waals surface area contributed by atoms with E-state index in [4.69, 9.17) is 14.5 Å². The molecule has 5 nitrogen and oxygen atoms in total. The highest BCUT2D eigenvalue weighted by molar-refractivity contribution is 7.13. The number of methoxy groups -OCH3 is 2. The van der Waals surface area contributed by atoms with Crippen LogP contribution in [-0.2, 0) is 4.74 Å². The maximum absolute atomic E-state index is 12.5. The van der Waals surface area contributed by atoms with Gasteiger partial charge in [-0.15, -0.1) is 11.3 Å². The fourth-order valence-electron chi connectivity index (χ4n) is 3.73. The Morgan fingerprint density at radius 3 is 2.59 bits per heavy atom. The van der Waals surface area contributed by atoms with Crippen LogP contribution in [0.25, 0.3) is 21.8 Å². The standard InChI is InChI=1S/C21H22N2O3S/c1-12-18(19(21(24)26-4)13(2)23(12)14-9-10-14)16-11-27-20(22-16)15-7-5-6-8-17(15)25-3/h5-8,11,14H,9-10H2,1-4H3. The summed E-state index contributed by atoms with van der Waals surface area (Å²) in [5.74, 6) is 0.479. The zero-order valence-electron chi connectivity index (χ0n) is 15.9. The molecule has 0 unspecified atom stereocenters. The van der Waals surface area contributed by atoms with E-state index in [1.807, 2.05) is 36.6 Å². The lowest BCUT2D eigenvalue weighted by molar-refractivity contribution is 0.0600. The Hall–Kier alpha value is -2.60. The monoisotopic (exact) mass is 382 g/mol. The Morgan fingerprint density at radius 1 is 1.19 bits per heavy atom. The Kier molecular flexibility index (Phi) is 4.52. The van der Waals surface area contributed by atoms with Gasteiger partial charge in [-0.1, -0.05) is 12.1 Å². The minimum atomic E-state index is -0.308. The van der Waals surface area contributed by atoms with Gasteiger partial charge in [0.15, 0.2) is 0 Å². The molecule has 0 amide bonds. The average molecular weight is 382 g/mol. The number of carbonyl (C=O) groups excluding carboxylic acids is 1. The van der Waals surface area contributed by atoms with Crippen LogP contribution in [0, 0.1) is 13.8 Å².